The molecule has 1 saturated heterocycles. The Hall–Kier alpha value is -0.840. The van der Waals surface area contributed by atoms with Gasteiger partial charge in [0.15, 0.2) is 6.17 Å². The Morgan fingerprint density at radius 2 is 2.40 bits per heavy atom. The van der Waals surface area contributed by atoms with Crippen molar-refractivity contribution in [1.82, 2.24) is 5.32 Å². The number of halogens is 1. The van der Waals surface area contributed by atoms with Gasteiger partial charge in [0.2, 0.25) is 0 Å². The maximum Gasteiger partial charge on any atom is 0.404 e. The molecule has 0 radical (unpaired) electrons. The number of amides is 1. The Balaban J connectivity index is 2.33. The number of ether oxygens (including phenoxy) is 1. The van der Waals surface area contributed by atoms with E-state index in [2.05, 4.69) is 15.8 Å². The topological polar surface area (TPSA) is 64.4 Å². The van der Waals surface area contributed by atoms with Crippen molar-refractivity contribution < 1.29 is 13.9 Å². The fourth-order valence-corrected chi connectivity index (χ4v) is 0.887. The zero-order valence-electron chi connectivity index (χ0n) is 5.34. The summed E-state index contributed by atoms with van der Waals surface area (Å²) in [5, 5.41) is 2.72. The molecular weight excluding hydrogens is 139 g/mol. The summed E-state index contributed by atoms with van der Waals surface area (Å²) in [5.74, 6) is 0. The highest BCUT2D eigenvalue weighted by atomic mass is 19.1. The van der Waals surface area contributed by atoms with Crippen LogP contribution in [0.5, 0.6) is 0 Å². The number of hydrogen-bond acceptors (Lipinski definition) is 3. The van der Waals surface area contributed by atoms with Gasteiger partial charge in [0.05, 0.1) is 0 Å². The predicted molar refractivity (Wildman–Crippen MR) is 32.2 cm³/mol. The number of nitrogens with two attached hydrogens (primary N) is 1. The number of rotatable bonds is 1. The average molecular weight is 148 g/mol. The molecule has 1 aliphatic heterocycles. The molecule has 0 aromatic heterocycles. The lowest BCUT2D eigenvalue weighted by molar-refractivity contribution is 0.0771. The molecule has 0 aliphatic carbocycles. The lowest BCUT2D eigenvalue weighted by atomic mass is 10.3. The van der Waals surface area contributed by atoms with Gasteiger partial charge in [-0.2, -0.15) is 0 Å². The third kappa shape index (κ3) is 1.57. The number of carbonyl (C=O) groups is 1. The van der Waals surface area contributed by atoms with Crippen LogP contribution in [0, 0.1) is 0 Å². The molecule has 4 nitrogen and oxygen atoms in total. The fourth-order valence-electron chi connectivity index (χ4n) is 0.887. The van der Waals surface area contributed by atoms with E-state index in [1.807, 2.05) is 0 Å². The number of carbonyl (C=O) groups excluding carboxylic acids is 1. The first-order chi connectivity index (χ1) is 4.70. The fraction of sp³-hybridized carbons (Fsp3) is 0.800. The smallest absolute Gasteiger partial charge is 0.404 e. The Bertz CT molecular complexity index is 142. The quantitative estimate of drug-likeness (QED) is 0.521. The zero-order chi connectivity index (χ0) is 7.56. The number of hydrogen-bond donors (Lipinski definition) is 2. The number of alkyl halides is 1. The summed E-state index contributed by atoms with van der Waals surface area (Å²) in [6, 6.07) is 0. The van der Waals surface area contributed by atoms with E-state index < -0.39 is 18.4 Å². The van der Waals surface area contributed by atoms with E-state index in [-0.39, 0.29) is 6.54 Å². The Labute approximate surface area is 57.5 Å². The van der Waals surface area contributed by atoms with Crippen molar-refractivity contribution in [2.45, 2.75) is 12.3 Å². The van der Waals surface area contributed by atoms with E-state index >= 15 is 0 Å². The van der Waals surface area contributed by atoms with Gasteiger partial charge in [-0.25, -0.2) is 9.18 Å². The minimum atomic E-state index is -1.12. The molecule has 0 saturated carbocycles. The van der Waals surface area contributed by atoms with Crippen LogP contribution < -0.4 is 11.1 Å². The van der Waals surface area contributed by atoms with E-state index in [4.69, 9.17) is 0 Å². The second-order valence-corrected chi connectivity index (χ2v) is 2.15. The molecule has 58 valence electrons. The molecule has 1 amide bonds. The lowest BCUT2D eigenvalue weighted by Crippen LogP contribution is -2.29. The summed E-state index contributed by atoms with van der Waals surface area (Å²) in [5.41, 5.74) is 4.68. The molecule has 1 rings (SSSR count). The molecule has 0 spiro atoms. The molecular formula is C5H9FN2O2. The zero-order valence-corrected chi connectivity index (χ0v) is 5.34. The summed E-state index contributed by atoms with van der Waals surface area (Å²) in [7, 11) is 0. The highest BCUT2D eigenvalue weighted by molar-refractivity contribution is 5.64. The first kappa shape index (κ1) is 7.27. The van der Waals surface area contributed by atoms with Crippen molar-refractivity contribution in [1.29, 1.82) is 0 Å². The normalized spacial score (nSPS) is 32.1. The molecule has 2 atom stereocenters. The van der Waals surface area contributed by atoms with Crippen molar-refractivity contribution in [3.8, 4) is 0 Å². The summed E-state index contributed by atoms with van der Waals surface area (Å²) >= 11 is 0. The number of nitrogens with one attached hydrogen (secondary N) is 1. The molecule has 1 heterocycles. The van der Waals surface area contributed by atoms with Crippen molar-refractivity contribution in [2.75, 3.05) is 13.1 Å². The summed E-state index contributed by atoms with van der Waals surface area (Å²) in [6.07, 6.45) is -2.73. The van der Waals surface area contributed by atoms with Crippen LogP contribution in [0.15, 0.2) is 0 Å². The lowest BCUT2D eigenvalue weighted by Gasteiger charge is -2.09. The molecule has 2 unspecified atom stereocenters. The van der Waals surface area contributed by atoms with Gasteiger partial charge in [0, 0.05) is 13.1 Å². The van der Waals surface area contributed by atoms with Crippen molar-refractivity contribution in [3.05, 3.63) is 0 Å². The van der Waals surface area contributed by atoms with Gasteiger partial charge in [-0.05, 0) is 0 Å². The Morgan fingerprint density at radius 3 is 2.80 bits per heavy atom. The molecule has 5 heteroatoms. The maximum absolute atomic E-state index is 12.6. The SMILES string of the molecule is NC(=O)OC1CNCC1F. The monoisotopic (exact) mass is 148 g/mol. The van der Waals surface area contributed by atoms with Crippen LogP contribution in [0.1, 0.15) is 0 Å². The van der Waals surface area contributed by atoms with E-state index in [0.717, 1.165) is 0 Å². The van der Waals surface area contributed by atoms with Crippen molar-refractivity contribution in [2.24, 2.45) is 5.73 Å². The molecule has 0 aromatic carbocycles. The standard InChI is InChI=1S/C5H9FN2O2/c6-3-1-8-2-4(3)10-5(7)9/h3-4,8H,1-2H2,(H2,7,9). The van der Waals surface area contributed by atoms with Gasteiger partial charge in [-0.3, -0.25) is 0 Å². The Kier molecular flexibility index (Phi) is 2.06. The summed E-state index contributed by atoms with van der Waals surface area (Å²) < 4.78 is 17.0. The van der Waals surface area contributed by atoms with Crippen LogP contribution >= 0.6 is 0 Å². The van der Waals surface area contributed by atoms with E-state index in [9.17, 15) is 9.18 Å². The minimum Gasteiger partial charge on any atom is -0.442 e. The summed E-state index contributed by atoms with van der Waals surface area (Å²) in [6.45, 7) is 0.585. The largest absolute Gasteiger partial charge is 0.442 e. The van der Waals surface area contributed by atoms with E-state index in [1.54, 1.807) is 0 Å². The van der Waals surface area contributed by atoms with Gasteiger partial charge in [-0.1, -0.05) is 0 Å². The van der Waals surface area contributed by atoms with Crippen molar-refractivity contribution >= 4 is 6.09 Å². The van der Waals surface area contributed by atoms with Crippen LogP contribution in [0.25, 0.3) is 0 Å². The van der Waals surface area contributed by atoms with E-state index in [0.29, 0.717) is 6.54 Å². The molecule has 10 heavy (non-hydrogen) atoms. The van der Waals surface area contributed by atoms with Crippen LogP contribution in [-0.4, -0.2) is 31.5 Å². The first-order valence-corrected chi connectivity index (χ1v) is 3.01. The minimum absolute atomic E-state index is 0.234. The molecule has 1 fully saturated rings. The second-order valence-electron chi connectivity index (χ2n) is 2.15. The van der Waals surface area contributed by atoms with Crippen molar-refractivity contribution in [3.63, 3.8) is 0 Å². The van der Waals surface area contributed by atoms with Gasteiger partial charge in [0.25, 0.3) is 0 Å². The number of primary amides is 1. The van der Waals surface area contributed by atoms with Gasteiger partial charge in [-0.15, -0.1) is 0 Å². The third-order valence-corrected chi connectivity index (χ3v) is 1.36. The molecule has 3 N–H and O–H groups in total. The Morgan fingerprint density at radius 1 is 1.70 bits per heavy atom. The van der Waals surface area contributed by atoms with Crippen LogP contribution in [0.3, 0.4) is 0 Å². The second kappa shape index (κ2) is 2.83. The van der Waals surface area contributed by atoms with Crippen LogP contribution in [0.2, 0.25) is 0 Å². The van der Waals surface area contributed by atoms with Crippen LogP contribution in [0.4, 0.5) is 9.18 Å². The highest BCUT2D eigenvalue weighted by Crippen LogP contribution is 2.07. The average Bonchev–Trinajstić information content (AvgIpc) is 2.15. The summed E-state index contributed by atoms with van der Waals surface area (Å²) in [4.78, 5) is 10.1. The maximum atomic E-state index is 12.6. The molecule has 0 aromatic rings. The van der Waals surface area contributed by atoms with Gasteiger partial charge < -0.3 is 15.8 Å². The van der Waals surface area contributed by atoms with E-state index in [1.165, 1.54) is 0 Å². The molecule has 1 aliphatic rings. The van der Waals surface area contributed by atoms with Gasteiger partial charge >= 0.3 is 6.09 Å². The third-order valence-electron chi connectivity index (χ3n) is 1.36. The van der Waals surface area contributed by atoms with Gasteiger partial charge in [0.1, 0.15) is 6.10 Å². The highest BCUT2D eigenvalue weighted by Gasteiger charge is 2.29. The molecule has 0 bridgehead atoms. The van der Waals surface area contributed by atoms with Crippen LogP contribution in [-0.2, 0) is 4.74 Å². The first-order valence-electron chi connectivity index (χ1n) is 3.01. The predicted octanol–water partition coefficient (Wildman–Crippen LogP) is -0.608.